The normalized spacial score (nSPS) is 13.0. The molecule has 33 heavy (non-hydrogen) atoms. The third kappa shape index (κ3) is 8.28. The molecule has 9 heteroatoms. The van der Waals surface area contributed by atoms with Gasteiger partial charge in [0, 0.05) is 17.5 Å². The van der Waals surface area contributed by atoms with Crippen LogP contribution in [-0.2, 0) is 5.41 Å². The number of benzene rings is 2. The molecule has 2 rings (SSSR count). The molecule has 0 saturated carbocycles. The molecule has 182 valence electrons. The molecule has 1 atom stereocenters. The van der Waals surface area contributed by atoms with Gasteiger partial charge in [-0.05, 0) is 41.8 Å². The van der Waals surface area contributed by atoms with Crippen molar-refractivity contribution in [2.24, 2.45) is 11.6 Å². The van der Waals surface area contributed by atoms with Crippen molar-refractivity contribution in [2.75, 3.05) is 32.2 Å². The van der Waals surface area contributed by atoms with Gasteiger partial charge in [0.1, 0.15) is 24.2 Å². The number of hydrazine groups is 1. The van der Waals surface area contributed by atoms with E-state index in [4.69, 9.17) is 49.4 Å². The van der Waals surface area contributed by atoms with Gasteiger partial charge in [0.25, 0.3) is 0 Å². The summed E-state index contributed by atoms with van der Waals surface area (Å²) in [6, 6.07) is 13.5. The topological polar surface area (TPSA) is 114 Å². The first kappa shape index (κ1) is 27.1. The second-order valence-corrected chi connectivity index (χ2v) is 8.99. The monoisotopic (exact) mass is 497 g/mol. The molecule has 0 amide bonds. The van der Waals surface area contributed by atoms with E-state index < -0.39 is 6.10 Å². The van der Waals surface area contributed by atoms with Crippen molar-refractivity contribution in [1.29, 1.82) is 0 Å². The van der Waals surface area contributed by atoms with Crippen LogP contribution in [0.25, 0.3) is 0 Å². The van der Waals surface area contributed by atoms with Gasteiger partial charge >= 0.3 is 0 Å². The fourth-order valence-electron chi connectivity index (χ4n) is 3.17. The summed E-state index contributed by atoms with van der Waals surface area (Å²) in [5.41, 5.74) is 7.55. The summed E-state index contributed by atoms with van der Waals surface area (Å²) in [5.74, 6) is 7.54. The molecular weight excluding hydrogens is 465 g/mol. The summed E-state index contributed by atoms with van der Waals surface area (Å²) in [5, 5.41) is 20.8. The van der Waals surface area contributed by atoms with E-state index in [9.17, 15) is 5.11 Å². The van der Waals surface area contributed by atoms with E-state index in [-0.39, 0.29) is 30.9 Å². The van der Waals surface area contributed by atoms with Gasteiger partial charge in [0.2, 0.25) is 0 Å². The highest BCUT2D eigenvalue weighted by atomic mass is 35.5. The highest BCUT2D eigenvalue weighted by molar-refractivity contribution is 6.32. The second-order valence-electron chi connectivity index (χ2n) is 8.21. The van der Waals surface area contributed by atoms with Crippen LogP contribution >= 0.6 is 23.2 Å². The van der Waals surface area contributed by atoms with Gasteiger partial charge in [-0.25, -0.2) is 5.84 Å². The summed E-state index contributed by atoms with van der Waals surface area (Å²) in [7, 11) is 0. The van der Waals surface area contributed by atoms with Crippen LogP contribution < -0.4 is 21.1 Å². The third-order valence-electron chi connectivity index (χ3n) is 5.14. The van der Waals surface area contributed by atoms with E-state index in [0.717, 1.165) is 17.5 Å². The first-order valence-corrected chi connectivity index (χ1v) is 11.6. The Hall–Kier alpha value is -2.16. The van der Waals surface area contributed by atoms with Crippen molar-refractivity contribution in [3.8, 4) is 11.5 Å². The molecule has 0 aliphatic carbocycles. The lowest BCUT2D eigenvalue weighted by Crippen LogP contribution is -2.37. The van der Waals surface area contributed by atoms with E-state index in [0.29, 0.717) is 29.0 Å². The molecular formula is C24H33Cl2N3O4. The Morgan fingerprint density at radius 3 is 2.42 bits per heavy atom. The number of nitrogens with two attached hydrogens (primary N) is 2. The van der Waals surface area contributed by atoms with Crippen LogP contribution in [0.15, 0.2) is 54.4 Å². The minimum Gasteiger partial charge on any atom is -0.492 e. The lowest BCUT2D eigenvalue weighted by Gasteiger charge is -2.27. The summed E-state index contributed by atoms with van der Waals surface area (Å²) in [4.78, 5) is 0. The highest BCUT2D eigenvalue weighted by Gasteiger charge is 2.24. The maximum atomic E-state index is 10.1. The Labute approximate surface area is 205 Å². The number of aliphatic hydroxyl groups excluding tert-OH is 2. The standard InChI is InChI=1S/C24H33Cl2N3O4/c1-24(2,18-6-9-23(22(26)12-18)32-11-3-10-25)17-4-7-21(8-5-17)33-16-20(31)14-29(28)13-19(27)15-30/h4-9,12-13,20,30-31H,3,10-11,14-16,27-28H2,1-2H3/b19-13-/t20-/m1/s1. The maximum absolute atomic E-state index is 10.1. The van der Waals surface area contributed by atoms with E-state index >= 15 is 0 Å². The molecule has 0 spiro atoms. The van der Waals surface area contributed by atoms with Crippen molar-refractivity contribution < 1.29 is 19.7 Å². The zero-order chi connectivity index (χ0) is 24.4. The number of rotatable bonds is 13. The summed E-state index contributed by atoms with van der Waals surface area (Å²) in [6.45, 7) is 4.63. The Balaban J connectivity index is 1.98. The quantitative estimate of drug-likeness (QED) is 0.145. The van der Waals surface area contributed by atoms with Gasteiger partial charge < -0.3 is 30.4 Å². The predicted octanol–water partition coefficient (Wildman–Crippen LogP) is 3.38. The van der Waals surface area contributed by atoms with Crippen LogP contribution in [-0.4, -0.2) is 53.6 Å². The molecule has 0 saturated heterocycles. The molecule has 0 radical (unpaired) electrons. The van der Waals surface area contributed by atoms with Crippen molar-refractivity contribution in [2.45, 2.75) is 31.8 Å². The fourth-order valence-corrected chi connectivity index (χ4v) is 3.52. The van der Waals surface area contributed by atoms with Crippen LogP contribution in [0.5, 0.6) is 11.5 Å². The van der Waals surface area contributed by atoms with Crippen molar-refractivity contribution in [1.82, 2.24) is 5.01 Å². The third-order valence-corrected chi connectivity index (χ3v) is 5.71. The van der Waals surface area contributed by atoms with E-state index in [2.05, 4.69) is 13.8 Å². The molecule has 0 aromatic heterocycles. The van der Waals surface area contributed by atoms with E-state index in [1.165, 1.54) is 11.2 Å². The molecule has 6 N–H and O–H groups in total. The Kier molecular flexibility index (Phi) is 10.6. The first-order chi connectivity index (χ1) is 15.7. The number of nitrogens with zero attached hydrogens (tertiary/aromatic N) is 1. The van der Waals surface area contributed by atoms with Crippen LogP contribution in [0, 0.1) is 0 Å². The minimum atomic E-state index is -0.832. The van der Waals surface area contributed by atoms with Gasteiger partial charge in [-0.15, -0.1) is 11.6 Å². The van der Waals surface area contributed by atoms with Gasteiger partial charge in [-0.1, -0.05) is 43.6 Å². The number of alkyl halides is 1. The van der Waals surface area contributed by atoms with Crippen LogP contribution in [0.3, 0.4) is 0 Å². The summed E-state index contributed by atoms with van der Waals surface area (Å²) >= 11 is 12.1. The molecule has 0 heterocycles. The second kappa shape index (κ2) is 12.9. The maximum Gasteiger partial charge on any atom is 0.137 e. The molecule has 0 aliphatic rings. The first-order valence-electron chi connectivity index (χ1n) is 10.7. The fraction of sp³-hybridized carbons (Fsp3) is 0.417. The summed E-state index contributed by atoms with van der Waals surface area (Å²) in [6.07, 6.45) is 1.29. The molecule has 2 aromatic carbocycles. The van der Waals surface area contributed by atoms with E-state index in [1.807, 2.05) is 42.5 Å². The smallest absolute Gasteiger partial charge is 0.137 e. The number of halogens is 2. The van der Waals surface area contributed by atoms with Crippen LogP contribution in [0.4, 0.5) is 0 Å². The largest absolute Gasteiger partial charge is 0.492 e. The molecule has 7 nitrogen and oxygen atoms in total. The zero-order valence-corrected chi connectivity index (χ0v) is 20.5. The predicted molar refractivity (Wildman–Crippen MR) is 133 cm³/mol. The average Bonchev–Trinajstić information content (AvgIpc) is 2.78. The number of ether oxygens (including phenoxy) is 2. The Morgan fingerprint density at radius 1 is 1.15 bits per heavy atom. The number of hydrogen-bond donors (Lipinski definition) is 4. The van der Waals surface area contributed by atoms with E-state index in [1.54, 1.807) is 0 Å². The van der Waals surface area contributed by atoms with Gasteiger partial charge in [0.15, 0.2) is 0 Å². The molecule has 0 unspecified atom stereocenters. The van der Waals surface area contributed by atoms with Crippen LogP contribution in [0.1, 0.15) is 31.4 Å². The SMILES string of the molecule is CC(C)(c1ccc(OC[C@H](O)CN(N)/C=C(\N)CO)cc1)c1ccc(OCCCCl)c(Cl)c1. The lowest BCUT2D eigenvalue weighted by atomic mass is 9.78. The van der Waals surface area contributed by atoms with Crippen molar-refractivity contribution >= 4 is 23.2 Å². The van der Waals surface area contributed by atoms with Crippen molar-refractivity contribution in [3.05, 3.63) is 70.5 Å². The van der Waals surface area contributed by atoms with Gasteiger partial charge in [0.05, 0.1) is 30.5 Å². The average molecular weight is 498 g/mol. The highest BCUT2D eigenvalue weighted by Crippen LogP contribution is 2.36. The lowest BCUT2D eigenvalue weighted by molar-refractivity contribution is 0.0815. The van der Waals surface area contributed by atoms with Crippen LogP contribution in [0.2, 0.25) is 5.02 Å². The van der Waals surface area contributed by atoms with Gasteiger partial charge in [-0.2, -0.15) is 0 Å². The number of aliphatic hydroxyl groups is 2. The molecule has 0 bridgehead atoms. The molecule has 0 aliphatic heterocycles. The molecule has 0 fully saturated rings. The Morgan fingerprint density at radius 2 is 1.82 bits per heavy atom. The van der Waals surface area contributed by atoms with Crippen molar-refractivity contribution in [3.63, 3.8) is 0 Å². The van der Waals surface area contributed by atoms with Gasteiger partial charge in [-0.3, -0.25) is 0 Å². The zero-order valence-electron chi connectivity index (χ0n) is 19.0. The molecule has 2 aromatic rings. The number of hydrogen-bond acceptors (Lipinski definition) is 7. The Bertz CT molecular complexity index is 907. The minimum absolute atomic E-state index is 0.0596. The summed E-state index contributed by atoms with van der Waals surface area (Å²) < 4.78 is 11.4.